The number of hydrogen-bond acceptors (Lipinski definition) is 2. The normalized spacial score (nSPS) is 16.4. The maximum atomic E-state index is 11.2. The Morgan fingerprint density at radius 1 is 1.47 bits per heavy atom. The van der Waals surface area contributed by atoms with Crippen LogP contribution in [-0.2, 0) is 6.42 Å². The fraction of sp³-hybridized carbons (Fsp3) is 0.571. The van der Waals surface area contributed by atoms with Crippen LogP contribution in [0.1, 0.15) is 65.8 Å². The second-order valence-electron chi connectivity index (χ2n) is 4.81. The number of pyridine rings is 1. The van der Waals surface area contributed by atoms with Gasteiger partial charge in [-0.2, -0.15) is 0 Å². The molecule has 3 nitrogen and oxygen atoms in total. The lowest BCUT2D eigenvalue weighted by Crippen LogP contribution is -2.09. The molecule has 3 heteroatoms. The number of nitrogens with zero attached hydrogens (tertiary/aromatic N) is 1. The van der Waals surface area contributed by atoms with Gasteiger partial charge in [-0.1, -0.05) is 19.8 Å². The van der Waals surface area contributed by atoms with Gasteiger partial charge in [0.05, 0.1) is 5.56 Å². The lowest BCUT2D eigenvalue weighted by atomic mass is 9.97. The molecule has 0 unspecified atom stereocenters. The van der Waals surface area contributed by atoms with Gasteiger partial charge in [-0.3, -0.25) is 4.98 Å². The van der Waals surface area contributed by atoms with E-state index in [1.54, 1.807) is 6.07 Å². The third-order valence-corrected chi connectivity index (χ3v) is 3.73. The van der Waals surface area contributed by atoms with Gasteiger partial charge in [0.15, 0.2) is 0 Å². The molecular formula is C14H19NO2. The SMILES string of the molecule is CCc1nc(C2CCCC2)cc(C(=O)O)c1C. The highest BCUT2D eigenvalue weighted by Crippen LogP contribution is 2.34. The molecule has 1 aromatic heterocycles. The predicted octanol–water partition coefficient (Wildman–Crippen LogP) is 3.31. The second-order valence-corrected chi connectivity index (χ2v) is 4.81. The van der Waals surface area contributed by atoms with Crippen LogP contribution in [0.5, 0.6) is 0 Å². The fourth-order valence-corrected chi connectivity index (χ4v) is 2.68. The number of hydrogen-bond donors (Lipinski definition) is 1. The summed E-state index contributed by atoms with van der Waals surface area (Å²) in [6.45, 7) is 3.88. The van der Waals surface area contributed by atoms with Crippen LogP contribution < -0.4 is 0 Å². The molecule has 1 aliphatic carbocycles. The molecule has 0 aromatic carbocycles. The molecule has 1 saturated carbocycles. The molecule has 1 aliphatic rings. The number of carbonyl (C=O) groups is 1. The van der Waals surface area contributed by atoms with Crippen molar-refractivity contribution in [3.8, 4) is 0 Å². The smallest absolute Gasteiger partial charge is 0.336 e. The number of rotatable bonds is 3. The molecule has 0 saturated heterocycles. The van der Waals surface area contributed by atoms with Crippen LogP contribution in [0.15, 0.2) is 6.07 Å². The summed E-state index contributed by atoms with van der Waals surface area (Å²) in [6, 6.07) is 1.78. The van der Waals surface area contributed by atoms with Crippen molar-refractivity contribution in [3.05, 3.63) is 28.6 Å². The highest BCUT2D eigenvalue weighted by Gasteiger charge is 2.21. The number of aromatic nitrogens is 1. The van der Waals surface area contributed by atoms with E-state index in [2.05, 4.69) is 4.98 Å². The summed E-state index contributed by atoms with van der Waals surface area (Å²) in [6.07, 6.45) is 5.58. The van der Waals surface area contributed by atoms with Crippen molar-refractivity contribution >= 4 is 5.97 Å². The van der Waals surface area contributed by atoms with Crippen LogP contribution in [0.4, 0.5) is 0 Å². The first-order chi connectivity index (χ1) is 8.13. The molecule has 0 amide bonds. The van der Waals surface area contributed by atoms with Crippen LogP contribution in [0.25, 0.3) is 0 Å². The topological polar surface area (TPSA) is 50.2 Å². The maximum Gasteiger partial charge on any atom is 0.336 e. The van der Waals surface area contributed by atoms with Gasteiger partial charge in [0, 0.05) is 17.3 Å². The van der Waals surface area contributed by atoms with E-state index in [1.807, 2.05) is 13.8 Å². The molecule has 0 aliphatic heterocycles. The molecule has 2 rings (SSSR count). The summed E-state index contributed by atoms with van der Waals surface area (Å²) in [5.74, 6) is -0.363. The van der Waals surface area contributed by atoms with Crippen LogP contribution in [0, 0.1) is 6.92 Å². The van der Waals surface area contributed by atoms with Gasteiger partial charge in [0.25, 0.3) is 0 Å². The Hall–Kier alpha value is -1.38. The van der Waals surface area contributed by atoms with Crippen molar-refractivity contribution in [2.45, 2.75) is 51.9 Å². The number of aryl methyl sites for hydroxylation is 1. The second kappa shape index (κ2) is 4.86. The van der Waals surface area contributed by atoms with Crippen LogP contribution in [0.3, 0.4) is 0 Å². The van der Waals surface area contributed by atoms with Gasteiger partial charge in [-0.15, -0.1) is 0 Å². The molecule has 1 aromatic rings. The Morgan fingerprint density at radius 3 is 2.65 bits per heavy atom. The Balaban J connectivity index is 2.46. The lowest BCUT2D eigenvalue weighted by molar-refractivity contribution is 0.0695. The van der Waals surface area contributed by atoms with Crippen LogP contribution in [-0.4, -0.2) is 16.1 Å². The van der Waals surface area contributed by atoms with E-state index in [9.17, 15) is 9.90 Å². The van der Waals surface area contributed by atoms with Crippen molar-refractivity contribution < 1.29 is 9.90 Å². The standard InChI is InChI=1S/C14H19NO2/c1-3-12-9(2)11(14(16)17)8-13(15-12)10-6-4-5-7-10/h8,10H,3-7H2,1-2H3,(H,16,17). The van der Waals surface area contributed by atoms with Gasteiger partial charge >= 0.3 is 5.97 Å². The molecule has 92 valence electrons. The van der Waals surface area contributed by atoms with E-state index < -0.39 is 5.97 Å². The Bertz CT molecular complexity index is 434. The molecule has 0 atom stereocenters. The quantitative estimate of drug-likeness (QED) is 0.871. The summed E-state index contributed by atoms with van der Waals surface area (Å²) in [7, 11) is 0. The van der Waals surface area contributed by atoms with E-state index in [4.69, 9.17) is 0 Å². The maximum absolute atomic E-state index is 11.2. The van der Waals surface area contributed by atoms with Gasteiger partial charge < -0.3 is 5.11 Å². The first-order valence-electron chi connectivity index (χ1n) is 6.37. The van der Waals surface area contributed by atoms with Crippen LogP contribution in [0.2, 0.25) is 0 Å². The Kier molecular flexibility index (Phi) is 3.46. The van der Waals surface area contributed by atoms with Gasteiger partial charge in [0.1, 0.15) is 0 Å². The van der Waals surface area contributed by atoms with Crippen molar-refractivity contribution in [2.75, 3.05) is 0 Å². The van der Waals surface area contributed by atoms with Crippen molar-refractivity contribution in [2.24, 2.45) is 0 Å². The number of aromatic carboxylic acids is 1. The van der Waals surface area contributed by atoms with E-state index in [-0.39, 0.29) is 0 Å². The zero-order valence-electron chi connectivity index (χ0n) is 10.5. The van der Waals surface area contributed by atoms with Crippen molar-refractivity contribution in [1.29, 1.82) is 0 Å². The predicted molar refractivity (Wildman–Crippen MR) is 66.5 cm³/mol. The van der Waals surface area contributed by atoms with E-state index >= 15 is 0 Å². The molecule has 0 radical (unpaired) electrons. The van der Waals surface area contributed by atoms with E-state index in [1.165, 1.54) is 12.8 Å². The summed E-state index contributed by atoms with van der Waals surface area (Å²) in [5, 5.41) is 9.23. The summed E-state index contributed by atoms with van der Waals surface area (Å²) >= 11 is 0. The van der Waals surface area contributed by atoms with Gasteiger partial charge in [-0.05, 0) is 37.8 Å². The summed E-state index contributed by atoms with van der Waals surface area (Å²) in [5.41, 5.74) is 3.18. The number of carboxylic acids is 1. The third-order valence-electron chi connectivity index (χ3n) is 3.73. The van der Waals surface area contributed by atoms with E-state index in [0.717, 1.165) is 36.2 Å². The zero-order valence-corrected chi connectivity index (χ0v) is 10.5. The Labute approximate surface area is 102 Å². The Morgan fingerprint density at radius 2 is 2.12 bits per heavy atom. The molecule has 1 heterocycles. The molecule has 1 N–H and O–H groups in total. The van der Waals surface area contributed by atoms with Gasteiger partial charge in [0.2, 0.25) is 0 Å². The molecule has 1 fully saturated rings. The van der Waals surface area contributed by atoms with Gasteiger partial charge in [-0.25, -0.2) is 4.79 Å². The zero-order chi connectivity index (χ0) is 12.4. The van der Waals surface area contributed by atoms with Crippen molar-refractivity contribution in [1.82, 2.24) is 4.98 Å². The van der Waals surface area contributed by atoms with Crippen molar-refractivity contribution in [3.63, 3.8) is 0 Å². The fourth-order valence-electron chi connectivity index (χ4n) is 2.68. The highest BCUT2D eigenvalue weighted by atomic mass is 16.4. The summed E-state index contributed by atoms with van der Waals surface area (Å²) < 4.78 is 0. The minimum Gasteiger partial charge on any atom is -0.478 e. The largest absolute Gasteiger partial charge is 0.478 e. The average molecular weight is 233 g/mol. The first kappa shape index (κ1) is 12.1. The van der Waals surface area contributed by atoms with Crippen LogP contribution >= 0.6 is 0 Å². The monoisotopic (exact) mass is 233 g/mol. The molecule has 17 heavy (non-hydrogen) atoms. The highest BCUT2D eigenvalue weighted by molar-refractivity contribution is 5.89. The lowest BCUT2D eigenvalue weighted by Gasteiger charge is -2.14. The molecule has 0 bridgehead atoms. The minimum absolute atomic E-state index is 0.429. The third kappa shape index (κ3) is 2.33. The van der Waals surface area contributed by atoms with E-state index in [0.29, 0.717) is 11.5 Å². The molecule has 0 spiro atoms. The number of carboxylic acid groups (broad SMARTS) is 1. The minimum atomic E-state index is -0.834. The average Bonchev–Trinajstić information content (AvgIpc) is 2.82. The molecular weight excluding hydrogens is 214 g/mol. The summed E-state index contributed by atoms with van der Waals surface area (Å²) in [4.78, 5) is 15.9. The first-order valence-corrected chi connectivity index (χ1v) is 6.37.